The number of halogens is 3. The third-order valence-corrected chi connectivity index (χ3v) is 6.16. The Morgan fingerprint density at radius 2 is 1.88 bits per heavy atom. The first-order chi connectivity index (χ1) is 16.1. The first kappa shape index (κ1) is 23.3. The van der Waals surface area contributed by atoms with Crippen LogP contribution in [0.4, 0.5) is 23.7 Å². The fraction of sp³-hybridized carbons (Fsp3) is 0.292. The summed E-state index contributed by atoms with van der Waals surface area (Å²) in [6.45, 7) is -0.134. The van der Waals surface area contributed by atoms with Crippen molar-refractivity contribution in [2.24, 2.45) is 0 Å². The average molecular weight is 470 g/mol. The van der Waals surface area contributed by atoms with E-state index in [1.807, 2.05) is 6.07 Å². The Kier molecular flexibility index (Phi) is 5.83. The summed E-state index contributed by atoms with van der Waals surface area (Å²) in [5.74, 6) is -0.365. The monoisotopic (exact) mass is 470 g/mol. The van der Waals surface area contributed by atoms with Gasteiger partial charge in [0.05, 0.1) is 41.1 Å². The molecule has 2 aliphatic heterocycles. The van der Waals surface area contributed by atoms with E-state index in [9.17, 15) is 33.1 Å². The molecule has 0 bridgehead atoms. The van der Waals surface area contributed by atoms with Gasteiger partial charge in [-0.05, 0) is 41.5 Å². The minimum absolute atomic E-state index is 0.0113. The van der Waals surface area contributed by atoms with Crippen molar-refractivity contribution >= 4 is 17.6 Å². The molecule has 0 saturated carbocycles. The Bertz CT molecular complexity index is 1250. The van der Waals surface area contributed by atoms with Crippen molar-refractivity contribution in [3.63, 3.8) is 0 Å². The second kappa shape index (κ2) is 8.50. The molecular formula is C24H21F3N4O3. The number of aliphatic hydroxyl groups excluding tert-OH is 1. The molecule has 2 aromatic carbocycles. The maximum atomic E-state index is 13.5. The van der Waals surface area contributed by atoms with E-state index in [4.69, 9.17) is 0 Å². The van der Waals surface area contributed by atoms with Gasteiger partial charge in [0, 0.05) is 32.8 Å². The van der Waals surface area contributed by atoms with Crippen LogP contribution in [0, 0.1) is 11.3 Å². The van der Waals surface area contributed by atoms with Gasteiger partial charge in [-0.25, -0.2) is 4.79 Å². The number of hydrogen-bond acceptors (Lipinski definition) is 4. The van der Waals surface area contributed by atoms with Crippen LogP contribution in [-0.2, 0) is 17.6 Å². The van der Waals surface area contributed by atoms with Crippen LogP contribution in [0.1, 0.15) is 34.7 Å². The topological polar surface area (TPSA) is 87.9 Å². The Hall–Kier alpha value is -3.84. The van der Waals surface area contributed by atoms with Gasteiger partial charge in [0.2, 0.25) is 0 Å². The largest absolute Gasteiger partial charge is 0.416 e. The third-order valence-electron chi connectivity index (χ3n) is 6.16. The van der Waals surface area contributed by atoms with Gasteiger partial charge in [0.25, 0.3) is 5.91 Å². The number of carbonyl (C=O) groups excluding carboxylic acids is 2. The number of aliphatic hydroxyl groups is 1. The van der Waals surface area contributed by atoms with Gasteiger partial charge in [-0.3, -0.25) is 9.69 Å². The highest BCUT2D eigenvalue weighted by Crippen LogP contribution is 2.44. The molecule has 3 amide bonds. The summed E-state index contributed by atoms with van der Waals surface area (Å²) in [6, 6.07) is 9.55. The average Bonchev–Trinajstić information content (AvgIpc) is 2.82. The van der Waals surface area contributed by atoms with Crippen molar-refractivity contribution in [1.82, 2.24) is 9.80 Å². The maximum Gasteiger partial charge on any atom is 0.416 e. The van der Waals surface area contributed by atoms with Crippen molar-refractivity contribution < 1.29 is 27.9 Å². The van der Waals surface area contributed by atoms with Gasteiger partial charge in [0.15, 0.2) is 0 Å². The number of alkyl halides is 3. The van der Waals surface area contributed by atoms with Crippen molar-refractivity contribution in [3.05, 3.63) is 76.0 Å². The van der Waals surface area contributed by atoms with E-state index >= 15 is 0 Å². The number of anilines is 1. The lowest BCUT2D eigenvalue weighted by molar-refractivity contribution is -0.137. The van der Waals surface area contributed by atoms with Crippen LogP contribution < -0.4 is 4.90 Å². The zero-order chi connectivity index (χ0) is 24.8. The number of nitrogens with zero attached hydrogens (tertiary/aromatic N) is 4. The number of benzene rings is 2. The number of hydrogen-bond donors (Lipinski definition) is 1. The van der Waals surface area contributed by atoms with Crippen LogP contribution in [0.25, 0.3) is 0 Å². The zero-order valence-corrected chi connectivity index (χ0v) is 18.4. The van der Waals surface area contributed by atoms with E-state index in [1.54, 1.807) is 13.1 Å². The number of rotatable bonds is 3. The number of likely N-dealkylation sites (N-methyl/N-ethyl adjacent to an activating group) is 2. The van der Waals surface area contributed by atoms with Crippen molar-refractivity contribution in [2.45, 2.75) is 25.2 Å². The summed E-state index contributed by atoms with van der Waals surface area (Å²) in [6.07, 6.45) is -4.34. The van der Waals surface area contributed by atoms with Crippen LogP contribution in [0.3, 0.4) is 0 Å². The Balaban J connectivity index is 1.94. The molecule has 0 spiro atoms. The van der Waals surface area contributed by atoms with E-state index in [0.29, 0.717) is 22.4 Å². The molecule has 34 heavy (non-hydrogen) atoms. The van der Waals surface area contributed by atoms with Gasteiger partial charge < -0.3 is 14.9 Å². The molecule has 0 saturated heterocycles. The standard InChI is InChI=1S/C24H21F3N4O3/c1-29-9-8-19-20(22(29)33)21(18-7-6-14(12-28)10-15(18)13-32)30(2)23(34)31(19)17-5-3-4-16(11-17)24(25,26)27/h3-7,10-11,21,32H,8-9,13H2,1-2H3. The molecule has 7 nitrogen and oxygen atoms in total. The van der Waals surface area contributed by atoms with Gasteiger partial charge >= 0.3 is 12.2 Å². The highest BCUT2D eigenvalue weighted by Gasteiger charge is 2.45. The summed E-state index contributed by atoms with van der Waals surface area (Å²) < 4.78 is 40.1. The predicted octanol–water partition coefficient (Wildman–Crippen LogP) is 3.80. The van der Waals surface area contributed by atoms with Gasteiger partial charge in [-0.1, -0.05) is 12.1 Å². The van der Waals surface area contributed by atoms with E-state index in [0.717, 1.165) is 17.0 Å². The molecule has 0 aliphatic carbocycles. The molecule has 2 heterocycles. The Morgan fingerprint density at radius 1 is 1.15 bits per heavy atom. The van der Waals surface area contributed by atoms with Crippen LogP contribution in [0.5, 0.6) is 0 Å². The first-order valence-electron chi connectivity index (χ1n) is 10.4. The normalized spacial score (nSPS) is 18.9. The highest BCUT2D eigenvalue weighted by atomic mass is 19.4. The Morgan fingerprint density at radius 3 is 2.53 bits per heavy atom. The second-order valence-corrected chi connectivity index (χ2v) is 8.20. The van der Waals surface area contributed by atoms with Crippen LogP contribution in [0.2, 0.25) is 0 Å². The van der Waals surface area contributed by atoms with Crippen LogP contribution in [-0.4, -0.2) is 47.5 Å². The lowest BCUT2D eigenvalue weighted by Crippen LogP contribution is -2.53. The van der Waals surface area contributed by atoms with E-state index in [2.05, 4.69) is 0 Å². The molecule has 2 aliphatic rings. The number of urea groups is 1. The minimum atomic E-state index is -4.60. The molecule has 4 rings (SSSR count). The van der Waals surface area contributed by atoms with Crippen molar-refractivity contribution in [1.29, 1.82) is 5.26 Å². The quantitative estimate of drug-likeness (QED) is 0.739. The number of nitriles is 1. The lowest BCUT2D eigenvalue weighted by atomic mass is 9.86. The molecule has 176 valence electrons. The molecule has 10 heteroatoms. The van der Waals surface area contributed by atoms with Crippen LogP contribution in [0.15, 0.2) is 53.7 Å². The molecular weight excluding hydrogens is 449 g/mol. The lowest BCUT2D eigenvalue weighted by Gasteiger charge is -2.45. The third kappa shape index (κ3) is 3.78. The van der Waals surface area contributed by atoms with Crippen molar-refractivity contribution in [3.8, 4) is 6.07 Å². The molecule has 0 aromatic heterocycles. The summed E-state index contributed by atoms with van der Waals surface area (Å²) in [5.41, 5.74) is 0.832. The second-order valence-electron chi connectivity index (χ2n) is 8.20. The predicted molar refractivity (Wildman–Crippen MR) is 116 cm³/mol. The first-order valence-corrected chi connectivity index (χ1v) is 10.4. The van der Waals surface area contributed by atoms with Gasteiger partial charge in [-0.15, -0.1) is 0 Å². The Labute approximate surface area is 193 Å². The van der Waals surface area contributed by atoms with Gasteiger partial charge in [0.1, 0.15) is 0 Å². The van der Waals surface area contributed by atoms with E-state index in [-0.39, 0.29) is 30.1 Å². The smallest absolute Gasteiger partial charge is 0.392 e. The van der Waals surface area contributed by atoms with Crippen molar-refractivity contribution in [2.75, 3.05) is 25.5 Å². The van der Waals surface area contributed by atoms with E-state index < -0.39 is 30.4 Å². The van der Waals surface area contributed by atoms with E-state index in [1.165, 1.54) is 41.1 Å². The summed E-state index contributed by atoms with van der Waals surface area (Å²) in [4.78, 5) is 30.8. The molecule has 1 unspecified atom stereocenters. The molecule has 0 radical (unpaired) electrons. The molecule has 2 aromatic rings. The van der Waals surface area contributed by atoms with Crippen LogP contribution >= 0.6 is 0 Å². The zero-order valence-electron chi connectivity index (χ0n) is 18.4. The minimum Gasteiger partial charge on any atom is -0.392 e. The number of carbonyl (C=O) groups is 2. The fourth-order valence-corrected chi connectivity index (χ4v) is 4.45. The van der Waals surface area contributed by atoms with Gasteiger partial charge in [-0.2, -0.15) is 18.4 Å². The summed E-state index contributed by atoms with van der Waals surface area (Å²) in [7, 11) is 3.07. The summed E-state index contributed by atoms with van der Waals surface area (Å²) in [5, 5.41) is 19.1. The molecule has 1 atom stereocenters. The number of amides is 3. The highest BCUT2D eigenvalue weighted by molar-refractivity contribution is 6.05. The SMILES string of the molecule is CN1CCC2=C(C1=O)C(c1ccc(C#N)cc1CO)N(C)C(=O)N2c1cccc(C(F)(F)F)c1. The fourth-order valence-electron chi connectivity index (χ4n) is 4.45. The molecule has 1 N–H and O–H groups in total. The summed E-state index contributed by atoms with van der Waals surface area (Å²) >= 11 is 0. The molecule has 0 fully saturated rings. The maximum absolute atomic E-state index is 13.5.